The number of methoxy groups -OCH3 is 1. The van der Waals surface area contributed by atoms with E-state index in [1.165, 1.54) is 30.6 Å². The first-order chi connectivity index (χ1) is 20.3. The van der Waals surface area contributed by atoms with Crippen molar-refractivity contribution < 1.29 is 23.0 Å². The van der Waals surface area contributed by atoms with Crippen LogP contribution in [0, 0.1) is 11.6 Å². The van der Waals surface area contributed by atoms with Crippen LogP contribution in [-0.2, 0) is 29.7 Å². The molecule has 5 aromatic rings. The maximum atomic E-state index is 15.9. The number of nitrogens with zero attached hydrogens (tertiary/aromatic N) is 6. The summed E-state index contributed by atoms with van der Waals surface area (Å²) >= 11 is 1.41. The van der Waals surface area contributed by atoms with Crippen molar-refractivity contribution in [1.29, 1.82) is 0 Å². The van der Waals surface area contributed by atoms with E-state index in [4.69, 9.17) is 19.6 Å². The molecule has 42 heavy (non-hydrogen) atoms. The van der Waals surface area contributed by atoms with E-state index < -0.39 is 11.6 Å². The number of hydrogen-bond acceptors (Lipinski definition) is 7. The van der Waals surface area contributed by atoms with E-state index in [-0.39, 0.29) is 36.5 Å². The molecule has 1 aliphatic rings. The number of pyridine rings is 1. The Hall–Kier alpha value is -4.42. The summed E-state index contributed by atoms with van der Waals surface area (Å²) in [6.07, 6.45) is 4.85. The molecule has 9 nitrogen and oxygen atoms in total. The average molecular weight is 591 g/mol. The van der Waals surface area contributed by atoms with Crippen LogP contribution in [0.5, 0.6) is 5.75 Å². The summed E-state index contributed by atoms with van der Waals surface area (Å²) in [5.74, 6) is -1.68. The standard InChI is InChI=1S/C30H28F2N6O3S/c1-5-25(39)37-14-19-12-22(35-38(19)13-17(37)2)29-27(26-21(32)10-18(31)11-24(26)41-8-7-40-4)30-20(6-9-42-30)28(34-29)23-15-36(3)16-33-23/h5-6,9-12,15-17H,1,7-8,13-14H2,2-4H3. The van der Waals surface area contributed by atoms with Crippen LogP contribution in [0.25, 0.3) is 44.0 Å². The highest BCUT2D eigenvalue weighted by Crippen LogP contribution is 2.47. The van der Waals surface area contributed by atoms with Gasteiger partial charge in [-0.1, -0.05) is 6.58 Å². The molecule has 0 fully saturated rings. The lowest BCUT2D eigenvalue weighted by Crippen LogP contribution is -2.44. The number of aromatic nitrogens is 5. The number of carbonyl (C=O) groups is 1. The highest BCUT2D eigenvalue weighted by atomic mass is 32.1. The summed E-state index contributed by atoms with van der Waals surface area (Å²) in [6, 6.07) is 5.67. The maximum absolute atomic E-state index is 15.9. The van der Waals surface area contributed by atoms with Gasteiger partial charge in [-0.2, -0.15) is 5.10 Å². The first kappa shape index (κ1) is 27.7. The third-order valence-corrected chi connectivity index (χ3v) is 8.17. The maximum Gasteiger partial charge on any atom is 0.246 e. The average Bonchev–Trinajstić information content (AvgIpc) is 3.71. The molecule has 1 amide bonds. The molecule has 1 atom stereocenters. The smallest absolute Gasteiger partial charge is 0.246 e. The molecule has 0 bridgehead atoms. The number of imidazole rings is 1. The van der Waals surface area contributed by atoms with E-state index >= 15 is 4.39 Å². The predicted molar refractivity (Wildman–Crippen MR) is 156 cm³/mol. The monoisotopic (exact) mass is 590 g/mol. The molecule has 0 N–H and O–H groups in total. The Labute approximate surface area is 244 Å². The molecule has 0 saturated heterocycles. The summed E-state index contributed by atoms with van der Waals surface area (Å²) in [5, 5.41) is 7.54. The molecule has 0 spiro atoms. The molecule has 4 aromatic heterocycles. The van der Waals surface area contributed by atoms with E-state index in [1.807, 2.05) is 46.9 Å². The Bertz CT molecular complexity index is 1830. The van der Waals surface area contributed by atoms with Crippen LogP contribution in [0.4, 0.5) is 8.78 Å². The third kappa shape index (κ3) is 4.86. The van der Waals surface area contributed by atoms with Gasteiger partial charge in [0.25, 0.3) is 0 Å². The van der Waals surface area contributed by atoms with Gasteiger partial charge in [0.05, 0.1) is 43.0 Å². The summed E-state index contributed by atoms with van der Waals surface area (Å²) in [6.45, 7) is 6.71. The van der Waals surface area contributed by atoms with Gasteiger partial charge < -0.3 is 18.9 Å². The molecule has 0 radical (unpaired) electrons. The van der Waals surface area contributed by atoms with Crippen molar-refractivity contribution >= 4 is 27.3 Å². The minimum atomic E-state index is -0.786. The topological polar surface area (TPSA) is 87.3 Å². The first-order valence-electron chi connectivity index (χ1n) is 13.3. The van der Waals surface area contributed by atoms with Crippen LogP contribution in [0.1, 0.15) is 12.6 Å². The fourth-order valence-electron chi connectivity index (χ4n) is 5.26. The van der Waals surface area contributed by atoms with Gasteiger partial charge in [0, 0.05) is 54.2 Å². The lowest BCUT2D eigenvalue weighted by Gasteiger charge is -2.33. The van der Waals surface area contributed by atoms with E-state index in [0.717, 1.165) is 21.8 Å². The van der Waals surface area contributed by atoms with Crippen LogP contribution in [-0.4, -0.2) is 61.5 Å². The van der Waals surface area contributed by atoms with Crippen molar-refractivity contribution in [1.82, 2.24) is 29.2 Å². The minimum absolute atomic E-state index is 0.0354. The number of amides is 1. The zero-order valence-corrected chi connectivity index (χ0v) is 24.1. The van der Waals surface area contributed by atoms with Crippen LogP contribution >= 0.6 is 11.3 Å². The van der Waals surface area contributed by atoms with Gasteiger partial charge in [0.15, 0.2) is 0 Å². The third-order valence-electron chi connectivity index (χ3n) is 7.23. The van der Waals surface area contributed by atoms with Crippen LogP contribution in [0.3, 0.4) is 0 Å². The van der Waals surface area contributed by atoms with E-state index in [2.05, 4.69) is 11.6 Å². The number of fused-ring (bicyclic) bond motifs is 2. The van der Waals surface area contributed by atoms with Crippen molar-refractivity contribution in [2.24, 2.45) is 7.05 Å². The van der Waals surface area contributed by atoms with Gasteiger partial charge in [-0.15, -0.1) is 11.3 Å². The largest absolute Gasteiger partial charge is 0.490 e. The Morgan fingerprint density at radius 3 is 2.76 bits per heavy atom. The fraction of sp³-hybridized carbons (Fsp3) is 0.267. The Kier molecular flexibility index (Phi) is 7.33. The van der Waals surface area contributed by atoms with Crippen molar-refractivity contribution in [2.75, 3.05) is 20.3 Å². The van der Waals surface area contributed by atoms with Gasteiger partial charge in [-0.25, -0.2) is 18.7 Å². The van der Waals surface area contributed by atoms with Gasteiger partial charge in [-0.3, -0.25) is 9.48 Å². The van der Waals surface area contributed by atoms with Crippen LogP contribution < -0.4 is 4.74 Å². The molecule has 1 unspecified atom stereocenters. The SMILES string of the molecule is C=CC(=O)N1Cc2cc(-c3nc(-c4cn(C)cn4)c4ccsc4c3-c3c(F)cc(F)cc3OCCOC)nn2CC1C. The number of aryl methyl sites for hydroxylation is 1. The second-order valence-electron chi connectivity index (χ2n) is 10.1. The lowest BCUT2D eigenvalue weighted by atomic mass is 9.97. The number of thiophene rings is 1. The molecule has 1 aliphatic heterocycles. The van der Waals surface area contributed by atoms with Crippen LogP contribution in [0.15, 0.2) is 54.8 Å². The number of ether oxygens (including phenoxy) is 2. The zero-order valence-electron chi connectivity index (χ0n) is 23.3. The molecule has 216 valence electrons. The Morgan fingerprint density at radius 2 is 2.02 bits per heavy atom. The molecular formula is C30H28F2N6O3S. The highest BCUT2D eigenvalue weighted by molar-refractivity contribution is 7.18. The molecule has 6 rings (SSSR count). The minimum Gasteiger partial charge on any atom is -0.490 e. The van der Waals surface area contributed by atoms with Crippen molar-refractivity contribution in [2.45, 2.75) is 26.1 Å². The predicted octanol–water partition coefficient (Wildman–Crippen LogP) is 5.45. The summed E-state index contributed by atoms with van der Waals surface area (Å²) in [4.78, 5) is 23.8. The number of halogens is 2. The Morgan fingerprint density at radius 1 is 1.19 bits per heavy atom. The molecule has 0 saturated carbocycles. The zero-order chi connectivity index (χ0) is 29.5. The summed E-state index contributed by atoms with van der Waals surface area (Å²) < 4.78 is 45.7. The van der Waals surface area contributed by atoms with Crippen molar-refractivity contribution in [3.8, 4) is 39.7 Å². The molecule has 0 aliphatic carbocycles. The van der Waals surface area contributed by atoms with Crippen molar-refractivity contribution in [3.63, 3.8) is 0 Å². The molecule has 5 heterocycles. The van der Waals surface area contributed by atoms with Crippen LogP contribution in [0.2, 0.25) is 0 Å². The molecule has 12 heteroatoms. The van der Waals surface area contributed by atoms with E-state index in [9.17, 15) is 9.18 Å². The fourth-order valence-corrected chi connectivity index (χ4v) is 6.21. The first-order valence-corrected chi connectivity index (χ1v) is 14.2. The second kappa shape index (κ2) is 11.1. The van der Waals surface area contributed by atoms with Gasteiger partial charge in [-0.05, 0) is 30.5 Å². The summed E-state index contributed by atoms with van der Waals surface area (Å²) in [7, 11) is 3.39. The Balaban J connectivity index is 1.61. The van der Waals surface area contributed by atoms with Gasteiger partial charge in [0.1, 0.15) is 41.1 Å². The number of hydrogen-bond donors (Lipinski definition) is 0. The number of benzene rings is 1. The van der Waals surface area contributed by atoms with Gasteiger partial charge >= 0.3 is 0 Å². The lowest BCUT2D eigenvalue weighted by molar-refractivity contribution is -0.129. The highest BCUT2D eigenvalue weighted by Gasteiger charge is 2.30. The summed E-state index contributed by atoms with van der Waals surface area (Å²) in [5.41, 5.74) is 3.45. The molecule has 1 aromatic carbocycles. The number of carbonyl (C=O) groups excluding carboxylic acids is 1. The van der Waals surface area contributed by atoms with Crippen molar-refractivity contribution in [3.05, 3.63) is 72.2 Å². The normalized spacial score (nSPS) is 14.8. The quantitative estimate of drug-likeness (QED) is 0.177. The molecular weight excluding hydrogens is 562 g/mol. The second-order valence-corrected chi connectivity index (χ2v) is 11.0. The van der Waals surface area contributed by atoms with Gasteiger partial charge in [0.2, 0.25) is 5.91 Å². The number of rotatable bonds is 8. The van der Waals surface area contributed by atoms with E-state index in [1.54, 1.807) is 11.2 Å². The van der Waals surface area contributed by atoms with E-state index in [0.29, 0.717) is 41.4 Å².